The number of esters is 1. The van der Waals surface area contributed by atoms with Crippen molar-refractivity contribution in [2.45, 2.75) is 41.5 Å². The van der Waals surface area contributed by atoms with Crippen LogP contribution >= 0.6 is 0 Å². The average molecular weight is 340 g/mol. The van der Waals surface area contributed by atoms with Crippen molar-refractivity contribution in [3.8, 4) is 5.75 Å². The largest absolute Gasteiger partial charge is 0.508 e. The van der Waals surface area contributed by atoms with Gasteiger partial charge >= 0.3 is 5.97 Å². The Kier molecular flexibility index (Phi) is 7.93. The second kappa shape index (κ2) is 9.67. The number of rotatable bonds is 6. The predicted molar refractivity (Wildman–Crippen MR) is 105 cm³/mol. The molecule has 0 aliphatic heterocycles. The van der Waals surface area contributed by atoms with Crippen molar-refractivity contribution in [2.75, 3.05) is 6.61 Å². The lowest BCUT2D eigenvalue weighted by Gasteiger charge is -2.10. The minimum absolute atomic E-state index is 0.320. The van der Waals surface area contributed by atoms with E-state index in [1.54, 1.807) is 13.0 Å². The van der Waals surface area contributed by atoms with E-state index in [0.29, 0.717) is 12.4 Å². The highest BCUT2D eigenvalue weighted by molar-refractivity contribution is 5.83. The fourth-order valence-corrected chi connectivity index (χ4v) is 2.38. The maximum absolute atomic E-state index is 11.3. The van der Waals surface area contributed by atoms with Gasteiger partial charge in [-0.25, -0.2) is 4.79 Å². The molecule has 0 aromatic heterocycles. The molecule has 3 heteroatoms. The highest BCUT2D eigenvalue weighted by atomic mass is 16.5. The first-order valence-electron chi connectivity index (χ1n) is 8.44. The molecule has 0 atom stereocenters. The molecule has 0 bridgehead atoms. The van der Waals surface area contributed by atoms with Crippen LogP contribution in [-0.4, -0.2) is 17.7 Å². The molecule has 25 heavy (non-hydrogen) atoms. The fraction of sp³-hybridized carbons (Fsp3) is 0.318. The summed E-state index contributed by atoms with van der Waals surface area (Å²) >= 11 is 0. The van der Waals surface area contributed by atoms with Crippen LogP contribution in [0.1, 0.15) is 43.0 Å². The van der Waals surface area contributed by atoms with E-state index < -0.39 is 0 Å². The van der Waals surface area contributed by atoms with E-state index in [-0.39, 0.29) is 5.97 Å². The van der Waals surface area contributed by atoms with Gasteiger partial charge < -0.3 is 9.84 Å². The average Bonchev–Trinajstić information content (AvgIpc) is 2.52. The summed E-state index contributed by atoms with van der Waals surface area (Å²) in [5.74, 6) is 0.0186. The number of carbonyl (C=O) groups is 1. The third-order valence-corrected chi connectivity index (χ3v) is 3.99. The summed E-state index contributed by atoms with van der Waals surface area (Å²) in [5.41, 5.74) is 6.10. The Morgan fingerprint density at radius 1 is 1.12 bits per heavy atom. The molecule has 3 nitrogen and oxygen atoms in total. The molecule has 1 N–H and O–H groups in total. The molecule has 0 aliphatic carbocycles. The maximum Gasteiger partial charge on any atom is 0.330 e. The SMILES string of the molecule is CCOC(=O)/C=C(C)/C=C/C=C(C)/C=C/c1c(C)cc(O)c(C)c1C. The van der Waals surface area contributed by atoms with Gasteiger partial charge in [0.2, 0.25) is 0 Å². The molecule has 0 aliphatic rings. The van der Waals surface area contributed by atoms with Gasteiger partial charge in [-0.3, -0.25) is 0 Å². The molecule has 134 valence electrons. The molecular weight excluding hydrogens is 312 g/mol. The number of hydrogen-bond donors (Lipinski definition) is 1. The van der Waals surface area contributed by atoms with Gasteiger partial charge in [0, 0.05) is 6.08 Å². The number of aromatic hydroxyl groups is 1. The molecule has 0 amide bonds. The predicted octanol–water partition coefficient (Wildman–Crippen LogP) is 5.34. The van der Waals surface area contributed by atoms with Gasteiger partial charge in [-0.1, -0.05) is 36.0 Å². The van der Waals surface area contributed by atoms with Crippen molar-refractivity contribution >= 4 is 12.0 Å². The summed E-state index contributed by atoms with van der Waals surface area (Å²) in [7, 11) is 0. The van der Waals surface area contributed by atoms with Gasteiger partial charge in [0.15, 0.2) is 0 Å². The number of phenols is 1. The van der Waals surface area contributed by atoms with Gasteiger partial charge in [-0.05, 0) is 75.4 Å². The molecule has 0 saturated carbocycles. The number of hydrogen-bond acceptors (Lipinski definition) is 3. The Morgan fingerprint density at radius 3 is 2.44 bits per heavy atom. The highest BCUT2D eigenvalue weighted by Gasteiger charge is 2.06. The Labute approximate surface area is 151 Å². The number of phenolic OH excluding ortho intramolecular Hbond substituents is 1. The van der Waals surface area contributed by atoms with Gasteiger partial charge in [0.1, 0.15) is 5.75 Å². The van der Waals surface area contributed by atoms with Crippen molar-refractivity contribution in [1.29, 1.82) is 0 Å². The highest BCUT2D eigenvalue weighted by Crippen LogP contribution is 2.27. The van der Waals surface area contributed by atoms with Crippen molar-refractivity contribution in [3.05, 3.63) is 69.8 Å². The van der Waals surface area contributed by atoms with Crippen LogP contribution in [0, 0.1) is 20.8 Å². The summed E-state index contributed by atoms with van der Waals surface area (Å²) in [6.07, 6.45) is 11.3. The van der Waals surface area contributed by atoms with Crippen LogP contribution in [0.3, 0.4) is 0 Å². The van der Waals surface area contributed by atoms with Gasteiger partial charge in [0.05, 0.1) is 6.61 Å². The lowest BCUT2D eigenvalue weighted by molar-refractivity contribution is -0.137. The molecule has 1 aromatic carbocycles. The van der Waals surface area contributed by atoms with Crippen LogP contribution in [0.2, 0.25) is 0 Å². The van der Waals surface area contributed by atoms with E-state index in [2.05, 4.69) is 6.08 Å². The van der Waals surface area contributed by atoms with Crippen LogP contribution < -0.4 is 0 Å². The number of ether oxygens (including phenoxy) is 1. The van der Waals surface area contributed by atoms with Crippen LogP contribution in [0.15, 0.2) is 47.6 Å². The molecule has 0 fully saturated rings. The van der Waals surface area contributed by atoms with Crippen LogP contribution in [0.4, 0.5) is 0 Å². The lowest BCUT2D eigenvalue weighted by Crippen LogP contribution is -1.99. The first-order chi connectivity index (χ1) is 11.8. The molecule has 1 aromatic rings. The Morgan fingerprint density at radius 2 is 1.80 bits per heavy atom. The zero-order chi connectivity index (χ0) is 19.0. The zero-order valence-corrected chi connectivity index (χ0v) is 16.0. The van der Waals surface area contributed by atoms with E-state index in [4.69, 9.17) is 4.74 Å². The number of benzene rings is 1. The summed E-state index contributed by atoms with van der Waals surface area (Å²) in [5, 5.41) is 9.86. The Hall–Kier alpha value is -2.55. The third kappa shape index (κ3) is 6.46. The van der Waals surface area contributed by atoms with Crippen molar-refractivity contribution in [3.63, 3.8) is 0 Å². The summed E-state index contributed by atoms with van der Waals surface area (Å²) in [4.78, 5) is 11.3. The molecular formula is C22H28O3. The van der Waals surface area contributed by atoms with E-state index in [1.165, 1.54) is 6.08 Å². The number of allylic oxidation sites excluding steroid dienone is 6. The van der Waals surface area contributed by atoms with E-state index in [1.807, 2.05) is 58.9 Å². The molecule has 0 unspecified atom stereocenters. The van der Waals surface area contributed by atoms with Crippen LogP contribution in [0.5, 0.6) is 5.75 Å². The first-order valence-corrected chi connectivity index (χ1v) is 8.44. The van der Waals surface area contributed by atoms with Gasteiger partial charge in [-0.2, -0.15) is 0 Å². The third-order valence-electron chi connectivity index (χ3n) is 3.99. The molecule has 0 radical (unpaired) electrons. The van der Waals surface area contributed by atoms with E-state index in [9.17, 15) is 9.90 Å². The minimum atomic E-state index is -0.320. The second-order valence-corrected chi connectivity index (χ2v) is 6.12. The quantitative estimate of drug-likeness (QED) is 0.432. The normalized spacial score (nSPS) is 13.0. The monoisotopic (exact) mass is 340 g/mol. The first kappa shape index (κ1) is 20.5. The topological polar surface area (TPSA) is 46.5 Å². The summed E-state index contributed by atoms with van der Waals surface area (Å²) < 4.78 is 4.87. The Balaban J connectivity index is 2.86. The van der Waals surface area contributed by atoms with E-state index in [0.717, 1.165) is 33.4 Å². The van der Waals surface area contributed by atoms with Crippen LogP contribution in [0.25, 0.3) is 6.08 Å². The standard InChI is InChI=1S/C22H28O3/c1-7-25-22(24)13-16(3)10-8-9-15(2)11-12-20-17(4)14-21(23)19(6)18(20)5/h8-14,23H,7H2,1-6H3/b10-8+,12-11+,15-9+,16-13+. The van der Waals surface area contributed by atoms with Crippen molar-refractivity contribution < 1.29 is 14.6 Å². The maximum atomic E-state index is 11.3. The summed E-state index contributed by atoms with van der Waals surface area (Å²) in [6.45, 7) is 12.0. The lowest BCUT2D eigenvalue weighted by atomic mass is 9.96. The van der Waals surface area contributed by atoms with Crippen molar-refractivity contribution in [1.82, 2.24) is 0 Å². The fourth-order valence-electron chi connectivity index (χ4n) is 2.38. The van der Waals surface area contributed by atoms with Crippen molar-refractivity contribution in [2.24, 2.45) is 0 Å². The molecule has 0 saturated heterocycles. The van der Waals surface area contributed by atoms with Crippen LogP contribution in [-0.2, 0) is 9.53 Å². The minimum Gasteiger partial charge on any atom is -0.508 e. The summed E-state index contributed by atoms with van der Waals surface area (Å²) in [6, 6.07) is 1.80. The van der Waals surface area contributed by atoms with Gasteiger partial charge in [0.25, 0.3) is 0 Å². The number of carbonyl (C=O) groups excluding carboxylic acids is 1. The molecule has 0 heterocycles. The number of aryl methyl sites for hydroxylation is 1. The smallest absolute Gasteiger partial charge is 0.330 e. The molecule has 0 spiro atoms. The Bertz CT molecular complexity index is 747. The second-order valence-electron chi connectivity index (χ2n) is 6.12. The molecule has 1 rings (SSSR count). The zero-order valence-electron chi connectivity index (χ0n) is 16.0. The van der Waals surface area contributed by atoms with E-state index >= 15 is 0 Å². The van der Waals surface area contributed by atoms with Gasteiger partial charge in [-0.15, -0.1) is 0 Å².